The molecule has 9 atom stereocenters. The standard InChI is InChI=1S/C26H41ClO3/c1-16(5-10-24(27)29)21-8-9-22-20-7-6-18-15-19(30-17(2)28)11-13-25(18,3)23(20)12-14-26(21,22)4/h16,18-23H,5-15H2,1-4H3/t16-,18-,19-,20+,21-,22+,23+,25+,26-/m1/s1. The van der Waals surface area contributed by atoms with Gasteiger partial charge in [-0.05, 0) is 122 Å². The van der Waals surface area contributed by atoms with Gasteiger partial charge in [0, 0.05) is 13.3 Å². The molecule has 0 bridgehead atoms. The molecule has 4 aliphatic rings. The zero-order chi connectivity index (χ0) is 21.7. The van der Waals surface area contributed by atoms with Gasteiger partial charge in [0.25, 0.3) is 0 Å². The molecule has 0 aromatic carbocycles. The van der Waals surface area contributed by atoms with Crippen molar-refractivity contribution in [2.24, 2.45) is 46.3 Å². The molecule has 0 radical (unpaired) electrons. The largest absolute Gasteiger partial charge is 0.463 e. The van der Waals surface area contributed by atoms with E-state index in [1.54, 1.807) is 6.92 Å². The maximum atomic E-state index is 11.5. The van der Waals surface area contributed by atoms with Gasteiger partial charge >= 0.3 is 5.97 Å². The Morgan fingerprint density at radius 1 is 1.00 bits per heavy atom. The zero-order valence-corrected chi connectivity index (χ0v) is 20.2. The van der Waals surface area contributed by atoms with Crippen molar-refractivity contribution < 1.29 is 14.3 Å². The van der Waals surface area contributed by atoms with Crippen molar-refractivity contribution in [2.45, 2.75) is 104 Å². The topological polar surface area (TPSA) is 43.4 Å². The summed E-state index contributed by atoms with van der Waals surface area (Å²) in [5.74, 6) is 4.47. The van der Waals surface area contributed by atoms with E-state index in [0.29, 0.717) is 29.1 Å². The van der Waals surface area contributed by atoms with Gasteiger partial charge in [-0.2, -0.15) is 0 Å². The minimum atomic E-state index is -0.180. The van der Waals surface area contributed by atoms with Crippen LogP contribution in [0.25, 0.3) is 0 Å². The minimum absolute atomic E-state index is 0.118. The average molecular weight is 437 g/mol. The molecule has 4 saturated carbocycles. The monoisotopic (exact) mass is 436 g/mol. The highest BCUT2D eigenvalue weighted by Gasteiger charge is 2.60. The second-order valence-corrected chi connectivity index (χ2v) is 12.2. The first-order chi connectivity index (χ1) is 14.1. The van der Waals surface area contributed by atoms with E-state index in [1.165, 1.54) is 44.9 Å². The van der Waals surface area contributed by atoms with Crippen LogP contribution in [-0.2, 0) is 14.3 Å². The summed E-state index contributed by atoms with van der Waals surface area (Å²) in [5, 5.41) is -0.180. The average Bonchev–Trinajstić information content (AvgIpc) is 3.03. The maximum absolute atomic E-state index is 11.5. The number of ether oxygens (including phenoxy) is 1. The van der Waals surface area contributed by atoms with E-state index in [1.807, 2.05) is 0 Å². The fourth-order valence-corrected chi connectivity index (χ4v) is 9.19. The van der Waals surface area contributed by atoms with Crippen molar-refractivity contribution in [3.63, 3.8) is 0 Å². The summed E-state index contributed by atoms with van der Waals surface area (Å²) < 4.78 is 5.61. The number of carbonyl (C=O) groups excluding carboxylic acids is 2. The Bertz CT molecular complexity index is 677. The van der Waals surface area contributed by atoms with Crippen LogP contribution in [0.5, 0.6) is 0 Å². The smallest absolute Gasteiger partial charge is 0.302 e. The third-order valence-corrected chi connectivity index (χ3v) is 10.7. The van der Waals surface area contributed by atoms with Gasteiger partial charge in [-0.3, -0.25) is 9.59 Å². The van der Waals surface area contributed by atoms with Crippen LogP contribution in [0.1, 0.15) is 98.3 Å². The minimum Gasteiger partial charge on any atom is -0.463 e. The van der Waals surface area contributed by atoms with Gasteiger partial charge in [-0.15, -0.1) is 0 Å². The van der Waals surface area contributed by atoms with Gasteiger partial charge in [0.05, 0.1) is 0 Å². The summed E-state index contributed by atoms with van der Waals surface area (Å²) in [6.45, 7) is 9.06. The van der Waals surface area contributed by atoms with E-state index >= 15 is 0 Å². The van der Waals surface area contributed by atoms with Crippen LogP contribution in [0.2, 0.25) is 0 Å². The van der Waals surface area contributed by atoms with Gasteiger partial charge in [0.1, 0.15) is 6.10 Å². The first kappa shape index (κ1) is 22.6. The quantitative estimate of drug-likeness (QED) is 0.353. The van der Waals surface area contributed by atoms with E-state index < -0.39 is 0 Å². The molecule has 4 aliphatic carbocycles. The number of hydrogen-bond donors (Lipinski definition) is 0. The molecule has 4 rings (SSSR count). The maximum Gasteiger partial charge on any atom is 0.302 e. The SMILES string of the molecule is CC(=O)O[C@@H]1CC[C@@]2(C)[C@H](CC[C@@H]3[C@@H]2CC[C@]2(C)[C@@H]([C@H](C)CCC(=O)Cl)CC[C@@H]32)C1. The van der Waals surface area contributed by atoms with E-state index in [4.69, 9.17) is 16.3 Å². The molecular weight excluding hydrogens is 396 g/mol. The van der Waals surface area contributed by atoms with Crippen molar-refractivity contribution in [3.05, 3.63) is 0 Å². The summed E-state index contributed by atoms with van der Waals surface area (Å²) in [6.07, 6.45) is 13.0. The van der Waals surface area contributed by atoms with Gasteiger partial charge in [-0.25, -0.2) is 0 Å². The van der Waals surface area contributed by atoms with Crippen LogP contribution < -0.4 is 0 Å². The van der Waals surface area contributed by atoms with Crippen LogP contribution in [0.4, 0.5) is 0 Å². The van der Waals surface area contributed by atoms with Gasteiger partial charge in [-0.1, -0.05) is 20.8 Å². The number of carbonyl (C=O) groups is 2. The Hall–Kier alpha value is -0.570. The normalized spacial score (nSPS) is 46.3. The third-order valence-electron chi connectivity index (χ3n) is 10.5. The fourth-order valence-electron chi connectivity index (χ4n) is 9.08. The van der Waals surface area contributed by atoms with E-state index in [0.717, 1.165) is 42.9 Å². The van der Waals surface area contributed by atoms with Crippen LogP contribution in [0.3, 0.4) is 0 Å². The number of hydrogen-bond acceptors (Lipinski definition) is 3. The van der Waals surface area contributed by atoms with Gasteiger partial charge in [0.15, 0.2) is 0 Å². The molecule has 0 aliphatic heterocycles. The third kappa shape index (κ3) is 3.86. The lowest BCUT2D eigenvalue weighted by molar-refractivity contribution is -0.160. The predicted octanol–water partition coefficient (Wildman–Crippen LogP) is 6.76. The van der Waals surface area contributed by atoms with Crippen LogP contribution in [-0.4, -0.2) is 17.3 Å². The summed E-state index contributed by atoms with van der Waals surface area (Å²) in [7, 11) is 0. The Kier molecular flexibility index (Phi) is 6.34. The summed E-state index contributed by atoms with van der Waals surface area (Å²) in [5.41, 5.74) is 0.865. The lowest BCUT2D eigenvalue weighted by atomic mass is 9.44. The molecule has 4 heteroatoms. The molecule has 0 saturated heterocycles. The molecule has 0 spiro atoms. The van der Waals surface area contributed by atoms with E-state index in [9.17, 15) is 9.59 Å². The van der Waals surface area contributed by atoms with E-state index in [2.05, 4.69) is 20.8 Å². The molecular formula is C26H41ClO3. The lowest BCUT2D eigenvalue weighted by Gasteiger charge is -2.61. The lowest BCUT2D eigenvalue weighted by Crippen LogP contribution is -2.54. The zero-order valence-electron chi connectivity index (χ0n) is 19.4. The van der Waals surface area contributed by atoms with Crippen molar-refractivity contribution in [1.82, 2.24) is 0 Å². The second-order valence-electron chi connectivity index (χ2n) is 11.8. The first-order valence-corrected chi connectivity index (χ1v) is 12.9. The summed E-state index contributed by atoms with van der Waals surface area (Å²) in [6, 6.07) is 0. The Morgan fingerprint density at radius 3 is 2.40 bits per heavy atom. The molecule has 0 amide bonds. The van der Waals surface area contributed by atoms with Gasteiger partial charge in [0.2, 0.25) is 5.24 Å². The highest BCUT2D eigenvalue weighted by Crippen LogP contribution is 2.68. The summed E-state index contributed by atoms with van der Waals surface area (Å²) in [4.78, 5) is 22.8. The molecule has 0 aromatic heterocycles. The van der Waals surface area contributed by atoms with Crippen LogP contribution >= 0.6 is 11.6 Å². The van der Waals surface area contributed by atoms with Gasteiger partial charge < -0.3 is 4.74 Å². The second kappa shape index (κ2) is 8.41. The number of rotatable bonds is 5. The fraction of sp³-hybridized carbons (Fsp3) is 0.923. The Morgan fingerprint density at radius 2 is 1.70 bits per heavy atom. The van der Waals surface area contributed by atoms with Crippen molar-refractivity contribution in [1.29, 1.82) is 0 Å². The summed E-state index contributed by atoms with van der Waals surface area (Å²) >= 11 is 5.64. The molecule has 4 fully saturated rings. The highest BCUT2D eigenvalue weighted by molar-refractivity contribution is 6.63. The molecule has 0 heterocycles. The van der Waals surface area contributed by atoms with E-state index in [-0.39, 0.29) is 17.3 Å². The number of fused-ring (bicyclic) bond motifs is 5. The Labute approximate surface area is 188 Å². The highest BCUT2D eigenvalue weighted by atomic mass is 35.5. The van der Waals surface area contributed by atoms with Crippen molar-refractivity contribution in [2.75, 3.05) is 0 Å². The van der Waals surface area contributed by atoms with Crippen LogP contribution in [0, 0.1) is 46.3 Å². The van der Waals surface area contributed by atoms with Crippen molar-refractivity contribution >= 4 is 22.8 Å². The molecule has 0 aromatic rings. The van der Waals surface area contributed by atoms with Crippen LogP contribution in [0.15, 0.2) is 0 Å². The predicted molar refractivity (Wildman–Crippen MR) is 120 cm³/mol. The number of halogens is 1. The molecule has 3 nitrogen and oxygen atoms in total. The molecule has 30 heavy (non-hydrogen) atoms. The Balaban J connectivity index is 1.47. The number of esters is 1. The van der Waals surface area contributed by atoms with Crippen molar-refractivity contribution in [3.8, 4) is 0 Å². The molecule has 0 unspecified atom stereocenters. The molecule has 0 N–H and O–H groups in total. The first-order valence-electron chi connectivity index (χ1n) is 12.5. The molecule has 170 valence electrons.